The maximum absolute atomic E-state index is 9.93. The number of nitrogens with zero attached hydrogens (tertiary/aromatic N) is 2. The van der Waals surface area contributed by atoms with Gasteiger partial charge in [0.2, 0.25) is 5.16 Å². The minimum absolute atomic E-state index is 0.432. The number of aliphatic hydroxyl groups excluding tert-OH is 1. The number of nitrogens with one attached hydrogen (secondary N) is 1. The van der Waals surface area contributed by atoms with E-state index < -0.39 is 6.10 Å². The molecule has 0 fully saturated rings. The third kappa shape index (κ3) is 2.87. The Morgan fingerprint density at radius 2 is 2.18 bits per heavy atom. The summed E-state index contributed by atoms with van der Waals surface area (Å²) >= 11 is 1.47. The van der Waals surface area contributed by atoms with E-state index in [0.717, 1.165) is 16.3 Å². The zero-order chi connectivity index (χ0) is 12.3. The number of aromatic nitrogens is 3. The fourth-order valence-corrected chi connectivity index (χ4v) is 2.47. The van der Waals surface area contributed by atoms with Gasteiger partial charge in [0.15, 0.2) is 0 Å². The van der Waals surface area contributed by atoms with E-state index in [4.69, 9.17) is 0 Å². The van der Waals surface area contributed by atoms with E-state index in [1.54, 1.807) is 0 Å². The Bertz CT molecular complexity index is 498. The van der Waals surface area contributed by atoms with Crippen molar-refractivity contribution in [2.24, 2.45) is 0 Å². The van der Waals surface area contributed by atoms with Gasteiger partial charge in [-0.1, -0.05) is 25.1 Å². The molecule has 0 radical (unpaired) electrons. The fourth-order valence-electron chi connectivity index (χ4n) is 1.53. The Morgan fingerprint density at radius 3 is 2.82 bits per heavy atom. The van der Waals surface area contributed by atoms with Crippen LogP contribution in [0.3, 0.4) is 0 Å². The van der Waals surface area contributed by atoms with Crippen molar-refractivity contribution < 1.29 is 5.11 Å². The van der Waals surface area contributed by atoms with Gasteiger partial charge in [0.1, 0.15) is 5.82 Å². The first-order valence-electron chi connectivity index (χ1n) is 5.54. The molecule has 1 unspecified atom stereocenters. The van der Waals surface area contributed by atoms with Crippen LogP contribution in [-0.4, -0.2) is 20.3 Å². The second kappa shape index (κ2) is 5.33. The number of rotatable bonds is 4. The van der Waals surface area contributed by atoms with Crippen molar-refractivity contribution >= 4 is 11.8 Å². The highest BCUT2D eigenvalue weighted by Crippen LogP contribution is 2.32. The van der Waals surface area contributed by atoms with E-state index in [1.807, 2.05) is 38.1 Å². The topological polar surface area (TPSA) is 61.8 Å². The minimum atomic E-state index is -0.432. The summed E-state index contributed by atoms with van der Waals surface area (Å²) in [6.45, 7) is 3.83. The lowest BCUT2D eigenvalue weighted by molar-refractivity contribution is 0.171. The van der Waals surface area contributed by atoms with Crippen LogP contribution < -0.4 is 0 Å². The number of hydrogen-bond acceptors (Lipinski definition) is 4. The van der Waals surface area contributed by atoms with Crippen molar-refractivity contribution in [3.8, 4) is 0 Å². The second-order valence-corrected chi connectivity index (χ2v) is 4.78. The lowest BCUT2D eigenvalue weighted by Crippen LogP contribution is -1.97. The average molecular weight is 249 g/mol. The van der Waals surface area contributed by atoms with Crippen LogP contribution in [0.15, 0.2) is 34.3 Å². The van der Waals surface area contributed by atoms with E-state index >= 15 is 0 Å². The fraction of sp³-hybridized carbons (Fsp3) is 0.333. The highest BCUT2D eigenvalue weighted by atomic mass is 32.2. The molecule has 1 aromatic heterocycles. The number of H-pyrrole nitrogens is 1. The predicted octanol–water partition coefficient (Wildman–Crippen LogP) is 2.71. The van der Waals surface area contributed by atoms with Gasteiger partial charge in [-0.25, -0.2) is 4.98 Å². The molecule has 0 aliphatic rings. The van der Waals surface area contributed by atoms with Gasteiger partial charge in [-0.15, -0.1) is 5.10 Å². The molecule has 0 aliphatic carbocycles. The third-order valence-corrected chi connectivity index (χ3v) is 3.40. The van der Waals surface area contributed by atoms with Crippen molar-refractivity contribution in [1.82, 2.24) is 15.2 Å². The normalized spacial score (nSPS) is 12.6. The summed E-state index contributed by atoms with van der Waals surface area (Å²) in [6.07, 6.45) is 0.267. The number of benzene rings is 1. The van der Waals surface area contributed by atoms with E-state index in [0.29, 0.717) is 11.6 Å². The highest BCUT2D eigenvalue weighted by molar-refractivity contribution is 7.99. The number of aryl methyl sites for hydroxylation is 1. The third-order valence-electron chi connectivity index (χ3n) is 2.44. The zero-order valence-electron chi connectivity index (χ0n) is 9.84. The maximum Gasteiger partial charge on any atom is 0.213 e. The summed E-state index contributed by atoms with van der Waals surface area (Å²) in [5.41, 5.74) is 0.933. The molecular weight excluding hydrogens is 234 g/mol. The predicted molar refractivity (Wildman–Crippen MR) is 66.9 cm³/mol. The van der Waals surface area contributed by atoms with E-state index in [1.165, 1.54) is 11.8 Å². The molecule has 1 heterocycles. The largest absolute Gasteiger partial charge is 0.388 e. The van der Waals surface area contributed by atoms with Gasteiger partial charge in [-0.2, -0.15) is 0 Å². The summed E-state index contributed by atoms with van der Waals surface area (Å²) in [4.78, 5) is 5.25. The molecule has 0 spiro atoms. The highest BCUT2D eigenvalue weighted by Gasteiger charge is 2.12. The molecule has 90 valence electrons. The van der Waals surface area contributed by atoms with E-state index in [9.17, 15) is 5.11 Å². The van der Waals surface area contributed by atoms with Gasteiger partial charge in [-0.05, 0) is 36.7 Å². The average Bonchev–Trinajstić information content (AvgIpc) is 2.74. The molecule has 4 nitrogen and oxygen atoms in total. The quantitative estimate of drug-likeness (QED) is 0.874. The maximum atomic E-state index is 9.93. The lowest BCUT2D eigenvalue weighted by atomic mass is 10.1. The molecule has 2 N–H and O–H groups in total. The Balaban J connectivity index is 2.26. The molecular formula is C12H15N3OS. The number of aliphatic hydroxyl groups is 1. The lowest BCUT2D eigenvalue weighted by Gasteiger charge is -2.12. The van der Waals surface area contributed by atoms with Crippen LogP contribution in [0.25, 0.3) is 0 Å². The van der Waals surface area contributed by atoms with Gasteiger partial charge in [0, 0.05) is 4.90 Å². The van der Waals surface area contributed by atoms with Crippen molar-refractivity contribution in [1.29, 1.82) is 0 Å². The Morgan fingerprint density at radius 1 is 1.41 bits per heavy atom. The summed E-state index contributed by atoms with van der Waals surface area (Å²) in [7, 11) is 0. The van der Waals surface area contributed by atoms with Crippen molar-refractivity contribution in [3.05, 3.63) is 35.7 Å². The standard InChI is InChI=1S/C12H15N3OS/c1-3-10(16)9-6-4-5-7-11(9)17-12-13-8(2)14-15-12/h4-7,10,16H,3H2,1-2H3,(H,13,14,15). The molecule has 0 saturated carbocycles. The SMILES string of the molecule is CCC(O)c1ccccc1Sc1n[nH]c(C)n1. The molecule has 2 rings (SSSR count). The van der Waals surface area contributed by atoms with Crippen LogP contribution in [0, 0.1) is 6.92 Å². The summed E-state index contributed by atoms with van der Waals surface area (Å²) in [5.74, 6) is 0.793. The molecule has 5 heteroatoms. The van der Waals surface area contributed by atoms with Crippen LogP contribution in [-0.2, 0) is 0 Å². The van der Waals surface area contributed by atoms with Crippen molar-refractivity contribution in [3.63, 3.8) is 0 Å². The molecule has 2 aromatic rings. The first kappa shape index (κ1) is 12.1. The van der Waals surface area contributed by atoms with E-state index in [-0.39, 0.29) is 0 Å². The Hall–Kier alpha value is -1.33. The minimum Gasteiger partial charge on any atom is -0.388 e. The molecule has 0 saturated heterocycles. The monoisotopic (exact) mass is 249 g/mol. The Kier molecular flexibility index (Phi) is 3.81. The van der Waals surface area contributed by atoms with Crippen LogP contribution >= 0.6 is 11.8 Å². The van der Waals surface area contributed by atoms with Gasteiger partial charge >= 0.3 is 0 Å². The summed E-state index contributed by atoms with van der Waals surface area (Å²) < 4.78 is 0. The van der Waals surface area contributed by atoms with Crippen molar-refractivity contribution in [2.75, 3.05) is 0 Å². The van der Waals surface area contributed by atoms with Gasteiger partial charge in [0.25, 0.3) is 0 Å². The molecule has 1 aromatic carbocycles. The zero-order valence-corrected chi connectivity index (χ0v) is 10.7. The van der Waals surface area contributed by atoms with E-state index in [2.05, 4.69) is 15.2 Å². The first-order valence-corrected chi connectivity index (χ1v) is 6.36. The summed E-state index contributed by atoms with van der Waals surface area (Å²) in [6, 6.07) is 7.80. The number of hydrogen-bond donors (Lipinski definition) is 2. The second-order valence-electron chi connectivity index (χ2n) is 3.77. The first-order chi connectivity index (χ1) is 8.20. The van der Waals surface area contributed by atoms with Crippen LogP contribution in [0.2, 0.25) is 0 Å². The van der Waals surface area contributed by atoms with Gasteiger partial charge < -0.3 is 5.11 Å². The van der Waals surface area contributed by atoms with Crippen LogP contribution in [0.4, 0.5) is 0 Å². The molecule has 0 bridgehead atoms. The van der Waals surface area contributed by atoms with Gasteiger partial charge in [0.05, 0.1) is 6.10 Å². The molecule has 17 heavy (non-hydrogen) atoms. The molecule has 0 aliphatic heterocycles. The number of aromatic amines is 1. The smallest absolute Gasteiger partial charge is 0.213 e. The van der Waals surface area contributed by atoms with Crippen molar-refractivity contribution in [2.45, 2.75) is 36.4 Å². The van der Waals surface area contributed by atoms with Crippen LogP contribution in [0.1, 0.15) is 30.8 Å². The molecule has 0 amide bonds. The van der Waals surface area contributed by atoms with Gasteiger partial charge in [-0.3, -0.25) is 5.10 Å². The van der Waals surface area contributed by atoms with Crippen LogP contribution in [0.5, 0.6) is 0 Å². The Labute approximate surface area is 104 Å². The molecule has 1 atom stereocenters. The summed E-state index contributed by atoms with van der Waals surface area (Å²) in [5, 5.41) is 17.5.